The number of carbonyl (C=O) groups is 1. The van der Waals surface area contributed by atoms with Crippen LogP contribution in [-0.2, 0) is 42.8 Å². The molecule has 4 aromatic carbocycles. The van der Waals surface area contributed by atoms with E-state index >= 15 is 0 Å². The van der Waals surface area contributed by atoms with Crippen molar-refractivity contribution in [1.82, 2.24) is 39.0 Å². The number of ether oxygens (including phenoxy) is 7. The van der Waals surface area contributed by atoms with Crippen molar-refractivity contribution in [3.05, 3.63) is 161 Å². The van der Waals surface area contributed by atoms with Gasteiger partial charge in [0.1, 0.15) is 0 Å². The molecule has 3 N–H and O–H groups in total. The summed E-state index contributed by atoms with van der Waals surface area (Å²) >= 11 is 3.29. The standard InChI is InChI=1S/C61H75N10O12PSeSi/c1-37(2)31-62-59-68-54-47(56(73)69-59)66-36-71(54)57-50(76-8)48(44(80-57)32-78-61(39-21-17-14-18-22-39,40-23-27-42(74-6)28-24-40)41-25-29-43(75-7)30-26-41)82-84(10,85)79-33-45-49(83-86(11,12)60(3,4)5)51(77-9)58(81-45)70-35-65-46-52(63-34-64-53(46)70)67-55(72)38-19-15-13-16-20-38/h13-30,34-37,44-45,48-51,57-58H,31-33H2,1-12H3,(H2,62,68,69,73)(H,63,64,67,72)/t44-,45-,48-,49-,50-,51-,57-,58-,84?/m1/s1. The van der Waals surface area contributed by atoms with Gasteiger partial charge in [0, 0.05) is 5.56 Å². The molecule has 0 bridgehead atoms. The van der Waals surface area contributed by atoms with Gasteiger partial charge in [0.25, 0.3) is 0 Å². The maximum atomic E-state index is 13.6. The number of aromatic nitrogens is 8. The van der Waals surface area contributed by atoms with E-state index in [1.807, 2.05) is 91.6 Å². The van der Waals surface area contributed by atoms with Gasteiger partial charge in [-0.25, -0.2) is 0 Å². The first-order valence-corrected chi connectivity index (χ1v) is 35.6. The molecule has 1 amide bonds. The van der Waals surface area contributed by atoms with Crippen LogP contribution in [0.4, 0.5) is 11.8 Å². The van der Waals surface area contributed by atoms with Crippen LogP contribution >= 0.6 is 5.96 Å². The summed E-state index contributed by atoms with van der Waals surface area (Å²) in [4.78, 5) is 52.9. The monoisotopic (exact) mass is 1280 g/mol. The Morgan fingerprint density at radius 2 is 1.27 bits per heavy atom. The summed E-state index contributed by atoms with van der Waals surface area (Å²) in [5, 5.41) is 5.95. The molecule has 2 fully saturated rings. The van der Waals surface area contributed by atoms with Crippen molar-refractivity contribution in [3.63, 3.8) is 0 Å². The van der Waals surface area contributed by atoms with E-state index in [-0.39, 0.29) is 53.0 Å². The molecule has 25 heteroatoms. The molecule has 2 aliphatic heterocycles. The van der Waals surface area contributed by atoms with Gasteiger partial charge in [-0.3, -0.25) is 4.79 Å². The quantitative estimate of drug-likeness (QED) is 0.0290. The Kier molecular flexibility index (Phi) is 19.0. The average Bonchev–Trinajstić information content (AvgIpc) is 1.43. The van der Waals surface area contributed by atoms with Crippen LogP contribution in [0.1, 0.15) is 74.1 Å². The van der Waals surface area contributed by atoms with E-state index < -0.39 is 74.5 Å². The molecular weight excluding hydrogens is 1200 g/mol. The van der Waals surface area contributed by atoms with Crippen LogP contribution in [0.2, 0.25) is 18.1 Å². The molecule has 1 unspecified atom stereocenters. The normalized spacial score (nSPS) is 21.7. The van der Waals surface area contributed by atoms with Crippen LogP contribution in [0.3, 0.4) is 0 Å². The van der Waals surface area contributed by atoms with Gasteiger partial charge in [-0.05, 0) is 12.1 Å². The third-order valence-electron chi connectivity index (χ3n) is 16.1. The van der Waals surface area contributed by atoms with Gasteiger partial charge in [0.05, 0.1) is 14.2 Å². The number of carbonyl (C=O) groups excluding carboxylic acids is 1. The minimum absolute atomic E-state index is 0.0141. The van der Waals surface area contributed by atoms with Crippen LogP contribution in [-0.4, -0.2) is 160 Å². The molecule has 8 aromatic rings. The number of imidazole rings is 2. The predicted octanol–water partition coefficient (Wildman–Crippen LogP) is 9.48. The number of aromatic amines is 1. The first-order valence-electron chi connectivity index (χ1n) is 28.4. The molecule has 456 valence electrons. The van der Waals surface area contributed by atoms with Crippen molar-refractivity contribution in [2.45, 2.75) is 107 Å². The zero-order valence-corrected chi connectivity index (χ0v) is 53.9. The summed E-state index contributed by atoms with van der Waals surface area (Å²) in [7, 11) is 3.92. The second-order valence-corrected chi connectivity index (χ2v) is 34.1. The number of rotatable bonds is 24. The van der Waals surface area contributed by atoms with Crippen LogP contribution in [0.15, 0.2) is 133 Å². The number of nitrogens with zero attached hydrogens (tertiary/aromatic N) is 7. The summed E-state index contributed by atoms with van der Waals surface area (Å²) in [6.07, 6.45) is -1.96. The Hall–Kier alpha value is -6.50. The molecule has 9 atom stereocenters. The van der Waals surface area contributed by atoms with Gasteiger partial charge in [0.2, 0.25) is 0 Å². The molecule has 0 spiro atoms. The second kappa shape index (κ2) is 26.1. The maximum absolute atomic E-state index is 13.6. The number of anilines is 2. The van der Waals surface area contributed by atoms with Gasteiger partial charge in [-0.15, -0.1) is 0 Å². The SMILES string of the molecule is COc1ccc(C(OC[C@H]2O[C@@H](n3cnc4c(=O)[nH]c(NCC(C)C)nc43)[C@H](OC)[C@@H]2OP(C)(=[Se])OC[C@H]2O[C@@H](n3cnc4c(NC(=O)c5ccccc5)ncnc43)[C@H](OC)[C@@H]2O[Si](C)(C)C(C)(C)C)(c2ccccc2)c2ccc(OC)cc2)cc1. The van der Waals surface area contributed by atoms with Gasteiger partial charge in [0.15, 0.2) is 0 Å². The van der Waals surface area contributed by atoms with Crippen LogP contribution in [0.25, 0.3) is 22.3 Å². The Bertz CT molecular complexity index is 3670. The average molecular weight is 1280 g/mol. The Balaban J connectivity index is 1.00. The Morgan fingerprint density at radius 3 is 1.84 bits per heavy atom. The van der Waals surface area contributed by atoms with Crippen molar-refractivity contribution >= 4 is 69.4 Å². The van der Waals surface area contributed by atoms with E-state index in [2.05, 4.69) is 93.4 Å². The summed E-state index contributed by atoms with van der Waals surface area (Å²) in [5.74, 6) is -1.31. The number of fused-ring (bicyclic) bond motifs is 2. The second-order valence-electron chi connectivity index (χ2n) is 23.2. The van der Waals surface area contributed by atoms with Crippen molar-refractivity contribution in [3.8, 4) is 11.5 Å². The summed E-state index contributed by atoms with van der Waals surface area (Å²) < 4.78 is 70.8. The Labute approximate surface area is 508 Å². The third kappa shape index (κ3) is 12.9. The number of hydrogen-bond acceptors (Lipinski definition) is 18. The van der Waals surface area contributed by atoms with E-state index in [4.69, 9.17) is 56.6 Å². The van der Waals surface area contributed by atoms with E-state index in [0.717, 1.165) is 16.7 Å². The molecule has 0 saturated carbocycles. The molecule has 6 heterocycles. The number of hydrogen-bond donors (Lipinski definition) is 3. The number of benzene rings is 4. The van der Waals surface area contributed by atoms with Gasteiger partial charge < -0.3 is 0 Å². The van der Waals surface area contributed by atoms with Gasteiger partial charge in [-0.1, -0.05) is 32.0 Å². The van der Waals surface area contributed by atoms with E-state index in [1.165, 1.54) is 12.7 Å². The molecule has 2 saturated heterocycles. The molecule has 10 rings (SSSR count). The fraction of sp³-hybridized carbons (Fsp3) is 0.426. The number of amides is 1. The minimum atomic E-state index is -3.10. The number of nitrogens with one attached hydrogen (secondary N) is 3. The van der Waals surface area contributed by atoms with Gasteiger partial charge >= 0.3 is 442 Å². The molecule has 0 aliphatic carbocycles. The van der Waals surface area contributed by atoms with Crippen molar-refractivity contribution in [2.24, 2.45) is 5.92 Å². The molecule has 2 aliphatic rings. The predicted molar refractivity (Wildman–Crippen MR) is 330 cm³/mol. The molecule has 0 radical (unpaired) electrons. The summed E-state index contributed by atoms with van der Waals surface area (Å²) in [6, 6.07) is 34.4. The third-order valence-corrected chi connectivity index (χ3v) is 23.0. The zero-order chi connectivity index (χ0) is 61.1. The van der Waals surface area contributed by atoms with E-state index in [1.54, 1.807) is 68.2 Å². The summed E-state index contributed by atoms with van der Waals surface area (Å²) in [6.45, 7) is 17.4. The van der Waals surface area contributed by atoms with Crippen molar-refractivity contribution in [2.75, 3.05) is 65.5 Å². The number of H-pyrrole nitrogens is 1. The molecule has 22 nitrogen and oxygen atoms in total. The van der Waals surface area contributed by atoms with Crippen molar-refractivity contribution in [1.29, 1.82) is 0 Å². The van der Waals surface area contributed by atoms with Crippen LogP contribution in [0, 0.1) is 5.92 Å². The number of methoxy groups -OCH3 is 4. The van der Waals surface area contributed by atoms with Crippen LogP contribution < -0.4 is 25.7 Å². The van der Waals surface area contributed by atoms with Gasteiger partial charge in [-0.2, -0.15) is 0 Å². The molecule has 4 aromatic heterocycles. The Morgan fingerprint density at radius 1 is 0.721 bits per heavy atom. The topological polar surface area (TPSA) is 241 Å². The summed E-state index contributed by atoms with van der Waals surface area (Å²) in [5.41, 5.74) is 2.42. The fourth-order valence-electron chi connectivity index (χ4n) is 10.6. The first kappa shape index (κ1) is 62.5. The van der Waals surface area contributed by atoms with Crippen LogP contribution in [0.5, 0.6) is 11.5 Å². The zero-order valence-electron chi connectivity index (χ0n) is 50.3. The van der Waals surface area contributed by atoms with E-state index in [9.17, 15) is 9.59 Å². The first-order chi connectivity index (χ1) is 41.2. The molecule has 86 heavy (non-hydrogen) atoms. The molecular formula is C61H75N10O12PSeSi. The van der Waals surface area contributed by atoms with E-state index in [0.29, 0.717) is 34.8 Å². The van der Waals surface area contributed by atoms with Crippen molar-refractivity contribution < 1.29 is 51.4 Å². The fourth-order valence-corrected chi connectivity index (χ4v) is 14.1.